The van der Waals surface area contributed by atoms with E-state index in [1.165, 1.54) is 6.20 Å². The smallest absolute Gasteiger partial charge is 0.245 e. The summed E-state index contributed by atoms with van der Waals surface area (Å²) in [4.78, 5) is 2.30. The van der Waals surface area contributed by atoms with Gasteiger partial charge in [0, 0.05) is 12.6 Å². The zero-order valence-electron chi connectivity index (χ0n) is 10.4. The van der Waals surface area contributed by atoms with Crippen LogP contribution in [0.4, 0.5) is 5.82 Å². The minimum Gasteiger partial charge on any atom is -0.383 e. The molecule has 1 aliphatic rings. The molecule has 0 saturated carbocycles. The summed E-state index contributed by atoms with van der Waals surface area (Å²) in [5.74, 6) is 0.0706. The first-order chi connectivity index (χ1) is 8.54. The third kappa shape index (κ3) is 2.65. The zero-order valence-corrected chi connectivity index (χ0v) is 11.2. The molecule has 1 aromatic heterocycles. The lowest BCUT2D eigenvalue weighted by Gasteiger charge is -2.22. The molecule has 1 atom stereocenters. The van der Waals surface area contributed by atoms with Crippen LogP contribution in [0.5, 0.6) is 0 Å². The number of anilines is 1. The standard InChI is InChI=1S/C10H19N5O2S/c1-2-15-5-3-4-8(15)6-13-18(16,17)9-7-12-14-10(9)11/h7-8,13H,2-6H2,1H3,(H3,11,12,14). The van der Waals surface area contributed by atoms with Gasteiger partial charge in [0.15, 0.2) is 0 Å². The Kier molecular flexibility index (Phi) is 3.88. The van der Waals surface area contributed by atoms with Gasteiger partial charge in [-0.25, -0.2) is 13.1 Å². The summed E-state index contributed by atoms with van der Waals surface area (Å²) in [7, 11) is -3.56. The molecule has 8 heteroatoms. The summed E-state index contributed by atoms with van der Waals surface area (Å²) >= 11 is 0. The molecule has 0 radical (unpaired) electrons. The second-order valence-corrected chi connectivity index (χ2v) is 6.16. The van der Waals surface area contributed by atoms with Gasteiger partial charge < -0.3 is 5.73 Å². The molecule has 1 unspecified atom stereocenters. The molecular weight excluding hydrogens is 254 g/mol. The first-order valence-corrected chi connectivity index (χ1v) is 7.55. The highest BCUT2D eigenvalue weighted by Crippen LogP contribution is 2.18. The number of nitrogens with one attached hydrogen (secondary N) is 2. The van der Waals surface area contributed by atoms with Crippen molar-refractivity contribution >= 4 is 15.8 Å². The fraction of sp³-hybridized carbons (Fsp3) is 0.700. The minimum atomic E-state index is -3.56. The Morgan fingerprint density at radius 2 is 2.44 bits per heavy atom. The van der Waals surface area contributed by atoms with Crippen molar-refractivity contribution in [2.45, 2.75) is 30.7 Å². The lowest BCUT2D eigenvalue weighted by atomic mass is 10.2. The Hall–Kier alpha value is -1.12. The highest BCUT2D eigenvalue weighted by Gasteiger charge is 2.26. The molecule has 0 aromatic carbocycles. The number of sulfonamides is 1. The second kappa shape index (κ2) is 5.25. The Labute approximate surface area is 107 Å². The molecule has 2 rings (SSSR count). The minimum absolute atomic E-state index is 0.0172. The molecule has 4 N–H and O–H groups in total. The van der Waals surface area contributed by atoms with Gasteiger partial charge in [-0.3, -0.25) is 10.00 Å². The number of likely N-dealkylation sites (N-methyl/N-ethyl adjacent to an activating group) is 1. The van der Waals surface area contributed by atoms with Crippen LogP contribution in [0, 0.1) is 0 Å². The average molecular weight is 273 g/mol. The Morgan fingerprint density at radius 3 is 3.06 bits per heavy atom. The number of H-pyrrole nitrogens is 1. The number of aromatic amines is 1. The quantitative estimate of drug-likeness (QED) is 0.686. The molecule has 1 aliphatic heterocycles. The molecule has 18 heavy (non-hydrogen) atoms. The van der Waals surface area contributed by atoms with Gasteiger partial charge in [-0.15, -0.1) is 0 Å². The predicted octanol–water partition coefficient (Wildman–Crippen LogP) is -0.245. The average Bonchev–Trinajstić information content (AvgIpc) is 2.94. The van der Waals surface area contributed by atoms with Crippen molar-refractivity contribution in [2.24, 2.45) is 0 Å². The zero-order chi connectivity index (χ0) is 13.2. The van der Waals surface area contributed by atoms with Gasteiger partial charge in [0.1, 0.15) is 10.7 Å². The van der Waals surface area contributed by atoms with Crippen molar-refractivity contribution in [2.75, 3.05) is 25.4 Å². The predicted molar refractivity (Wildman–Crippen MR) is 68.5 cm³/mol. The SMILES string of the molecule is CCN1CCCC1CNS(=O)(=O)c1cn[nH]c1N. The van der Waals surface area contributed by atoms with Gasteiger partial charge in [0.25, 0.3) is 0 Å². The van der Waals surface area contributed by atoms with E-state index in [2.05, 4.69) is 26.7 Å². The summed E-state index contributed by atoms with van der Waals surface area (Å²) < 4.78 is 26.6. The Bertz CT molecular complexity index is 498. The van der Waals surface area contributed by atoms with Crippen LogP contribution in [0.15, 0.2) is 11.1 Å². The van der Waals surface area contributed by atoms with Crippen molar-refractivity contribution in [1.29, 1.82) is 0 Å². The lowest BCUT2D eigenvalue weighted by Crippen LogP contribution is -2.40. The molecule has 102 valence electrons. The maximum absolute atomic E-state index is 12.0. The number of aromatic nitrogens is 2. The number of hydrogen-bond donors (Lipinski definition) is 3. The number of hydrogen-bond acceptors (Lipinski definition) is 5. The molecule has 0 spiro atoms. The largest absolute Gasteiger partial charge is 0.383 e. The summed E-state index contributed by atoms with van der Waals surface area (Å²) in [6.07, 6.45) is 3.37. The highest BCUT2D eigenvalue weighted by molar-refractivity contribution is 7.89. The number of nitrogens with zero attached hydrogens (tertiary/aromatic N) is 2. The lowest BCUT2D eigenvalue weighted by molar-refractivity contribution is 0.268. The summed E-state index contributed by atoms with van der Waals surface area (Å²) in [5.41, 5.74) is 5.52. The van der Waals surface area contributed by atoms with Crippen molar-refractivity contribution in [1.82, 2.24) is 19.8 Å². The van der Waals surface area contributed by atoms with Crippen molar-refractivity contribution in [3.05, 3.63) is 6.20 Å². The van der Waals surface area contributed by atoms with Gasteiger partial charge in [0.2, 0.25) is 10.0 Å². The van der Waals surface area contributed by atoms with E-state index in [9.17, 15) is 8.42 Å². The third-order valence-electron chi connectivity index (χ3n) is 3.34. The van der Waals surface area contributed by atoms with Crippen LogP contribution >= 0.6 is 0 Å². The van der Waals surface area contributed by atoms with Crippen LogP contribution in [0.3, 0.4) is 0 Å². The van der Waals surface area contributed by atoms with Crippen LogP contribution in [0.25, 0.3) is 0 Å². The third-order valence-corrected chi connectivity index (χ3v) is 4.79. The van der Waals surface area contributed by atoms with E-state index in [-0.39, 0.29) is 16.8 Å². The fourth-order valence-electron chi connectivity index (χ4n) is 2.33. The van der Waals surface area contributed by atoms with Gasteiger partial charge in [0.05, 0.1) is 6.20 Å². The van der Waals surface area contributed by atoms with Crippen molar-refractivity contribution < 1.29 is 8.42 Å². The summed E-state index contributed by atoms with van der Waals surface area (Å²) in [6.45, 7) is 4.48. The second-order valence-electron chi connectivity index (χ2n) is 4.42. The molecule has 0 aliphatic carbocycles. The first-order valence-electron chi connectivity index (χ1n) is 6.07. The number of rotatable bonds is 5. The van der Waals surface area contributed by atoms with E-state index in [1.807, 2.05) is 0 Å². The molecular formula is C10H19N5O2S. The molecule has 0 bridgehead atoms. The van der Waals surface area contributed by atoms with Gasteiger partial charge in [-0.2, -0.15) is 5.10 Å². The maximum Gasteiger partial charge on any atom is 0.245 e. The van der Waals surface area contributed by atoms with E-state index >= 15 is 0 Å². The van der Waals surface area contributed by atoms with Gasteiger partial charge >= 0.3 is 0 Å². The normalized spacial score (nSPS) is 21.5. The Balaban J connectivity index is 2.00. The highest BCUT2D eigenvalue weighted by atomic mass is 32.2. The number of likely N-dealkylation sites (tertiary alicyclic amines) is 1. The van der Waals surface area contributed by atoms with Gasteiger partial charge in [-0.05, 0) is 25.9 Å². The van der Waals surface area contributed by atoms with Crippen molar-refractivity contribution in [3.63, 3.8) is 0 Å². The summed E-state index contributed by atoms with van der Waals surface area (Å²) in [6, 6.07) is 0.276. The maximum atomic E-state index is 12.0. The monoisotopic (exact) mass is 273 g/mol. The molecule has 7 nitrogen and oxygen atoms in total. The topological polar surface area (TPSA) is 104 Å². The summed E-state index contributed by atoms with van der Waals surface area (Å²) in [5, 5.41) is 6.04. The molecule has 2 heterocycles. The van der Waals surface area contributed by atoms with E-state index in [0.717, 1.165) is 25.9 Å². The van der Waals surface area contributed by atoms with E-state index in [0.29, 0.717) is 6.54 Å². The Morgan fingerprint density at radius 1 is 1.67 bits per heavy atom. The van der Waals surface area contributed by atoms with Crippen molar-refractivity contribution in [3.8, 4) is 0 Å². The van der Waals surface area contributed by atoms with E-state index in [4.69, 9.17) is 5.73 Å². The van der Waals surface area contributed by atoms with Crippen LogP contribution in [-0.4, -0.2) is 49.2 Å². The molecule has 1 aromatic rings. The van der Waals surface area contributed by atoms with E-state index in [1.54, 1.807) is 0 Å². The van der Waals surface area contributed by atoms with Gasteiger partial charge in [-0.1, -0.05) is 6.92 Å². The van der Waals surface area contributed by atoms with Crippen LogP contribution in [0.1, 0.15) is 19.8 Å². The molecule has 1 saturated heterocycles. The molecule has 0 amide bonds. The van der Waals surface area contributed by atoms with Crippen LogP contribution in [0.2, 0.25) is 0 Å². The van der Waals surface area contributed by atoms with E-state index < -0.39 is 10.0 Å². The van der Waals surface area contributed by atoms with Crippen LogP contribution in [-0.2, 0) is 10.0 Å². The fourth-order valence-corrected chi connectivity index (χ4v) is 3.42. The molecule has 1 fully saturated rings. The first kappa shape index (κ1) is 13.3. The number of nitrogens with two attached hydrogens (primary N) is 1. The van der Waals surface area contributed by atoms with Crippen LogP contribution < -0.4 is 10.5 Å². The number of nitrogen functional groups attached to an aromatic ring is 1.